The van der Waals surface area contributed by atoms with E-state index in [-0.39, 0.29) is 0 Å². The lowest BCUT2D eigenvalue weighted by molar-refractivity contribution is 0.393. The van der Waals surface area contributed by atoms with E-state index in [1.54, 1.807) is 0 Å². The number of nitrogens with zero attached hydrogens (tertiary/aromatic N) is 4. The molecule has 1 aromatic heterocycles. The van der Waals surface area contributed by atoms with E-state index >= 15 is 0 Å². The Morgan fingerprint density at radius 2 is 2.36 bits per heavy atom. The normalized spacial score (nSPS) is 8.71. The summed E-state index contributed by atoms with van der Waals surface area (Å²) >= 11 is 0. The fourth-order valence-corrected chi connectivity index (χ4v) is 0.963. The number of hydrogen-bond acceptors (Lipinski definition) is 3. The van der Waals surface area contributed by atoms with Gasteiger partial charge in [-0.1, -0.05) is 22.1 Å². The molecule has 5 nitrogen and oxygen atoms in total. The molecule has 1 aromatic rings. The summed E-state index contributed by atoms with van der Waals surface area (Å²) in [6.07, 6.45) is 0.550. The van der Waals surface area contributed by atoms with E-state index in [1.165, 1.54) is 0 Å². The van der Waals surface area contributed by atoms with Gasteiger partial charge in [0.2, 0.25) is 0 Å². The summed E-state index contributed by atoms with van der Waals surface area (Å²) in [6, 6.07) is 0. The molecule has 0 atom stereocenters. The van der Waals surface area contributed by atoms with Crippen molar-refractivity contribution in [3.05, 3.63) is 27.5 Å². The van der Waals surface area contributed by atoms with Crippen LogP contribution < -0.4 is 0 Å². The van der Waals surface area contributed by atoms with Gasteiger partial charge in [0.05, 0.1) is 11.3 Å². The zero-order chi connectivity index (χ0) is 10.4. The van der Waals surface area contributed by atoms with Gasteiger partial charge < -0.3 is 4.52 Å². The first-order chi connectivity index (χ1) is 6.75. The van der Waals surface area contributed by atoms with Crippen LogP contribution in [0.2, 0.25) is 0 Å². The lowest BCUT2D eigenvalue weighted by Gasteiger charge is -1.84. The average Bonchev–Trinajstić information content (AvgIpc) is 2.48. The quantitative estimate of drug-likeness (QED) is 0.236. The maximum atomic E-state index is 8.02. The highest BCUT2D eigenvalue weighted by molar-refractivity contribution is 5.39. The second-order valence-corrected chi connectivity index (χ2v) is 2.71. The maximum Gasteiger partial charge on any atom is 0.149 e. The van der Waals surface area contributed by atoms with E-state index in [0.717, 1.165) is 17.0 Å². The van der Waals surface area contributed by atoms with E-state index in [0.29, 0.717) is 13.0 Å². The summed E-state index contributed by atoms with van der Waals surface area (Å²) in [5, 5.41) is 7.15. The molecule has 1 rings (SSSR count). The Morgan fingerprint density at radius 1 is 1.57 bits per heavy atom. The molecule has 0 aliphatic carbocycles. The molecule has 1 heterocycles. The van der Waals surface area contributed by atoms with Crippen LogP contribution in [-0.4, -0.2) is 11.7 Å². The first kappa shape index (κ1) is 10.2. The highest BCUT2D eigenvalue weighted by Crippen LogP contribution is 2.09. The maximum absolute atomic E-state index is 8.02. The Bertz CT molecular complexity index is 398. The van der Waals surface area contributed by atoms with Gasteiger partial charge in [-0.3, -0.25) is 0 Å². The lowest BCUT2D eigenvalue weighted by atomic mass is 10.2. The van der Waals surface area contributed by atoms with Gasteiger partial charge >= 0.3 is 0 Å². The molecule has 0 saturated heterocycles. The molecule has 0 radical (unpaired) electrons. The van der Waals surface area contributed by atoms with Crippen molar-refractivity contribution >= 4 is 0 Å². The summed E-state index contributed by atoms with van der Waals surface area (Å²) in [7, 11) is 0. The molecule has 0 N–H and O–H groups in total. The molecular formula is C9H10N4O. The third-order valence-electron chi connectivity index (χ3n) is 1.65. The third kappa shape index (κ3) is 2.54. The monoisotopic (exact) mass is 190 g/mol. The van der Waals surface area contributed by atoms with E-state index in [2.05, 4.69) is 27.0 Å². The first-order valence-electron chi connectivity index (χ1n) is 4.18. The molecule has 14 heavy (non-hydrogen) atoms. The molecule has 0 unspecified atom stereocenters. The van der Waals surface area contributed by atoms with Crippen LogP contribution in [0, 0.1) is 25.7 Å². The minimum atomic E-state index is 0.396. The lowest BCUT2D eigenvalue weighted by Crippen LogP contribution is -1.79. The third-order valence-corrected chi connectivity index (χ3v) is 1.65. The van der Waals surface area contributed by atoms with Crippen molar-refractivity contribution in [2.45, 2.75) is 20.3 Å². The molecule has 0 fully saturated rings. The molecule has 0 bridgehead atoms. The minimum absolute atomic E-state index is 0.396. The smallest absolute Gasteiger partial charge is 0.149 e. The van der Waals surface area contributed by atoms with Crippen molar-refractivity contribution < 1.29 is 4.52 Å². The molecule has 0 aliphatic rings. The van der Waals surface area contributed by atoms with Crippen LogP contribution in [0.5, 0.6) is 0 Å². The zero-order valence-corrected chi connectivity index (χ0v) is 8.11. The Kier molecular flexibility index (Phi) is 3.59. The van der Waals surface area contributed by atoms with Crippen LogP contribution >= 0.6 is 0 Å². The highest BCUT2D eigenvalue weighted by atomic mass is 16.5. The van der Waals surface area contributed by atoms with Gasteiger partial charge in [-0.25, -0.2) is 0 Å². The summed E-state index contributed by atoms with van der Waals surface area (Å²) in [5.41, 5.74) is 9.64. The second-order valence-electron chi connectivity index (χ2n) is 2.71. The predicted molar refractivity (Wildman–Crippen MR) is 51.5 cm³/mol. The molecular weight excluding hydrogens is 180 g/mol. The highest BCUT2D eigenvalue weighted by Gasteiger charge is 2.04. The van der Waals surface area contributed by atoms with Crippen molar-refractivity contribution in [2.75, 3.05) is 6.54 Å². The summed E-state index contributed by atoms with van der Waals surface area (Å²) in [6.45, 7) is 4.05. The number of azide groups is 1. The van der Waals surface area contributed by atoms with Crippen LogP contribution in [0.3, 0.4) is 0 Å². The van der Waals surface area contributed by atoms with Gasteiger partial charge in [-0.2, -0.15) is 0 Å². The van der Waals surface area contributed by atoms with Crippen molar-refractivity contribution in [1.29, 1.82) is 0 Å². The number of aromatic nitrogens is 1. The SMILES string of the molecule is Cc1noc(C)c1C#CCCN=[N+]=[N-]. The molecule has 0 aliphatic heterocycles. The largest absolute Gasteiger partial charge is 0.360 e. The number of hydrogen-bond donors (Lipinski definition) is 0. The van der Waals surface area contributed by atoms with Crippen molar-refractivity contribution in [3.63, 3.8) is 0 Å². The van der Waals surface area contributed by atoms with Crippen LogP contribution in [0.1, 0.15) is 23.4 Å². The summed E-state index contributed by atoms with van der Waals surface area (Å²) in [4.78, 5) is 2.63. The number of rotatable bonds is 2. The van der Waals surface area contributed by atoms with E-state index in [9.17, 15) is 0 Å². The Morgan fingerprint density at radius 3 is 2.93 bits per heavy atom. The standard InChI is InChI=1S/C9H10N4O/c1-7-9(8(2)14-12-7)5-3-4-6-11-13-10/h4,6H2,1-2H3. The Hall–Kier alpha value is -1.92. The van der Waals surface area contributed by atoms with Gasteiger partial charge in [0.15, 0.2) is 0 Å². The Balaban J connectivity index is 2.63. The zero-order valence-electron chi connectivity index (χ0n) is 8.11. The topological polar surface area (TPSA) is 74.8 Å². The predicted octanol–water partition coefficient (Wildman–Crippen LogP) is 2.34. The molecule has 0 amide bonds. The van der Waals surface area contributed by atoms with Crippen LogP contribution in [0.15, 0.2) is 9.64 Å². The van der Waals surface area contributed by atoms with E-state index in [4.69, 9.17) is 10.1 Å². The summed E-state index contributed by atoms with van der Waals surface area (Å²) in [5.74, 6) is 6.54. The number of aryl methyl sites for hydroxylation is 2. The van der Waals surface area contributed by atoms with E-state index < -0.39 is 0 Å². The molecule has 0 aromatic carbocycles. The van der Waals surface area contributed by atoms with Crippen LogP contribution in [-0.2, 0) is 0 Å². The molecule has 72 valence electrons. The van der Waals surface area contributed by atoms with Crippen LogP contribution in [0.4, 0.5) is 0 Å². The first-order valence-corrected chi connectivity index (χ1v) is 4.18. The molecule has 5 heteroatoms. The fourth-order valence-electron chi connectivity index (χ4n) is 0.963. The fraction of sp³-hybridized carbons (Fsp3) is 0.444. The van der Waals surface area contributed by atoms with Gasteiger partial charge in [0, 0.05) is 17.9 Å². The van der Waals surface area contributed by atoms with Gasteiger partial charge in [-0.05, 0) is 19.4 Å². The van der Waals surface area contributed by atoms with Crippen molar-refractivity contribution in [3.8, 4) is 11.8 Å². The van der Waals surface area contributed by atoms with Crippen molar-refractivity contribution in [1.82, 2.24) is 5.16 Å². The summed E-state index contributed by atoms with van der Waals surface area (Å²) < 4.78 is 4.94. The minimum Gasteiger partial charge on any atom is -0.360 e. The van der Waals surface area contributed by atoms with Gasteiger partial charge in [0.1, 0.15) is 5.76 Å². The second kappa shape index (κ2) is 4.95. The average molecular weight is 190 g/mol. The van der Waals surface area contributed by atoms with Gasteiger partial charge in [0.25, 0.3) is 0 Å². The molecule has 0 saturated carbocycles. The van der Waals surface area contributed by atoms with Crippen molar-refractivity contribution in [2.24, 2.45) is 5.11 Å². The van der Waals surface area contributed by atoms with E-state index in [1.807, 2.05) is 13.8 Å². The van der Waals surface area contributed by atoms with Gasteiger partial charge in [-0.15, -0.1) is 0 Å². The molecule has 0 spiro atoms. The Labute approximate surface area is 81.7 Å². The van der Waals surface area contributed by atoms with Crippen LogP contribution in [0.25, 0.3) is 10.4 Å².